The molecule has 31 heavy (non-hydrogen) atoms. The van der Waals surface area contributed by atoms with E-state index in [1.807, 2.05) is 13.8 Å². The van der Waals surface area contributed by atoms with E-state index in [2.05, 4.69) is 39.8 Å². The molecular formula is C25H33N3O3. The maximum atomic E-state index is 12.2. The third kappa shape index (κ3) is 7.72. The van der Waals surface area contributed by atoms with Crippen LogP contribution in [0, 0.1) is 0 Å². The van der Waals surface area contributed by atoms with Gasteiger partial charge in [-0.25, -0.2) is 0 Å². The average molecular weight is 424 g/mol. The molecule has 0 unspecified atom stereocenters. The molecule has 0 spiro atoms. The van der Waals surface area contributed by atoms with Gasteiger partial charge in [-0.05, 0) is 75.2 Å². The Morgan fingerprint density at radius 1 is 0.903 bits per heavy atom. The lowest BCUT2D eigenvalue weighted by Gasteiger charge is -2.26. The first-order chi connectivity index (χ1) is 15.0. The molecule has 166 valence electrons. The van der Waals surface area contributed by atoms with E-state index in [0.717, 1.165) is 12.1 Å². The minimum absolute atomic E-state index is 0.0594. The zero-order valence-electron chi connectivity index (χ0n) is 18.5. The Morgan fingerprint density at radius 2 is 1.55 bits per heavy atom. The largest absolute Gasteiger partial charge is 0.491 e. The quantitative estimate of drug-likeness (QED) is 0.648. The molecule has 1 heterocycles. The molecule has 0 bridgehead atoms. The summed E-state index contributed by atoms with van der Waals surface area (Å²) in [5.74, 6) is 0.213. The third-order valence-electron chi connectivity index (χ3n) is 5.27. The molecule has 6 heteroatoms. The molecular weight excluding hydrogens is 390 g/mol. The number of likely N-dealkylation sites (tertiary alicyclic amines) is 1. The SMILES string of the molecule is CC(C)Oc1ccc(C(=O)NCC(=O)NCc2ccc(CN3CCCCC3)cc2)cc1. The normalized spacial score (nSPS) is 14.3. The van der Waals surface area contributed by atoms with Crippen molar-refractivity contribution in [1.29, 1.82) is 0 Å². The van der Waals surface area contributed by atoms with Crippen molar-refractivity contribution < 1.29 is 14.3 Å². The molecule has 0 atom stereocenters. The number of nitrogens with zero attached hydrogens (tertiary/aromatic N) is 1. The van der Waals surface area contributed by atoms with E-state index in [1.165, 1.54) is 37.9 Å². The zero-order valence-corrected chi connectivity index (χ0v) is 18.5. The first-order valence-corrected chi connectivity index (χ1v) is 11.1. The summed E-state index contributed by atoms with van der Waals surface area (Å²) >= 11 is 0. The molecule has 0 aromatic heterocycles. The molecule has 2 aromatic rings. The van der Waals surface area contributed by atoms with Crippen molar-refractivity contribution in [3.05, 3.63) is 65.2 Å². The number of carbonyl (C=O) groups excluding carboxylic acids is 2. The molecule has 0 saturated carbocycles. The molecule has 3 rings (SSSR count). The van der Waals surface area contributed by atoms with Crippen LogP contribution in [0.2, 0.25) is 0 Å². The van der Waals surface area contributed by atoms with Gasteiger partial charge in [0.05, 0.1) is 12.6 Å². The second kappa shape index (κ2) is 11.5. The maximum absolute atomic E-state index is 12.2. The van der Waals surface area contributed by atoms with Gasteiger partial charge >= 0.3 is 0 Å². The van der Waals surface area contributed by atoms with Gasteiger partial charge in [0, 0.05) is 18.7 Å². The fourth-order valence-electron chi connectivity index (χ4n) is 3.62. The average Bonchev–Trinajstić information content (AvgIpc) is 2.78. The van der Waals surface area contributed by atoms with E-state index in [0.29, 0.717) is 17.9 Å². The molecule has 1 aliphatic heterocycles. The summed E-state index contributed by atoms with van der Waals surface area (Å²) in [7, 11) is 0. The smallest absolute Gasteiger partial charge is 0.251 e. The van der Waals surface area contributed by atoms with Gasteiger partial charge in [0.2, 0.25) is 5.91 Å². The molecule has 6 nitrogen and oxygen atoms in total. The number of carbonyl (C=O) groups is 2. The van der Waals surface area contributed by atoms with Crippen molar-refractivity contribution >= 4 is 11.8 Å². The van der Waals surface area contributed by atoms with Gasteiger partial charge in [-0.1, -0.05) is 30.7 Å². The lowest BCUT2D eigenvalue weighted by molar-refractivity contribution is -0.120. The first kappa shape index (κ1) is 22.8. The van der Waals surface area contributed by atoms with Crippen LogP contribution in [0.5, 0.6) is 5.75 Å². The second-order valence-corrected chi connectivity index (χ2v) is 8.30. The van der Waals surface area contributed by atoms with E-state index in [-0.39, 0.29) is 24.5 Å². The number of ether oxygens (including phenoxy) is 1. The number of hydrogen-bond donors (Lipinski definition) is 2. The summed E-state index contributed by atoms with van der Waals surface area (Å²) in [6.07, 6.45) is 4.00. The minimum atomic E-state index is -0.284. The van der Waals surface area contributed by atoms with Crippen LogP contribution >= 0.6 is 0 Å². The Bertz CT molecular complexity index is 841. The van der Waals surface area contributed by atoms with Crippen LogP contribution in [0.1, 0.15) is 54.6 Å². The monoisotopic (exact) mass is 423 g/mol. The van der Waals surface area contributed by atoms with E-state index in [4.69, 9.17) is 4.74 Å². The fourth-order valence-corrected chi connectivity index (χ4v) is 3.62. The van der Waals surface area contributed by atoms with Crippen LogP contribution in [0.4, 0.5) is 0 Å². The summed E-state index contributed by atoms with van der Waals surface area (Å²) < 4.78 is 5.57. The van der Waals surface area contributed by atoms with Gasteiger partial charge in [-0.15, -0.1) is 0 Å². The Kier molecular flexibility index (Phi) is 8.47. The van der Waals surface area contributed by atoms with Crippen molar-refractivity contribution in [2.45, 2.75) is 52.3 Å². The molecule has 2 amide bonds. The van der Waals surface area contributed by atoms with Gasteiger partial charge in [0.1, 0.15) is 5.75 Å². The van der Waals surface area contributed by atoms with Crippen molar-refractivity contribution in [3.8, 4) is 5.75 Å². The van der Waals surface area contributed by atoms with Crippen molar-refractivity contribution in [2.24, 2.45) is 0 Å². The Labute approximate surface area is 185 Å². The molecule has 0 aliphatic carbocycles. The summed E-state index contributed by atoms with van der Waals surface area (Å²) in [4.78, 5) is 26.8. The van der Waals surface area contributed by atoms with Gasteiger partial charge in [-0.3, -0.25) is 14.5 Å². The molecule has 2 N–H and O–H groups in total. The van der Waals surface area contributed by atoms with E-state index in [9.17, 15) is 9.59 Å². The van der Waals surface area contributed by atoms with Crippen LogP contribution in [-0.4, -0.2) is 42.5 Å². The van der Waals surface area contributed by atoms with E-state index in [1.54, 1.807) is 24.3 Å². The molecule has 1 aliphatic rings. The van der Waals surface area contributed by atoms with Crippen LogP contribution < -0.4 is 15.4 Å². The van der Waals surface area contributed by atoms with Crippen molar-refractivity contribution in [1.82, 2.24) is 15.5 Å². The highest BCUT2D eigenvalue weighted by atomic mass is 16.5. The van der Waals surface area contributed by atoms with Crippen LogP contribution in [0.3, 0.4) is 0 Å². The van der Waals surface area contributed by atoms with Gasteiger partial charge in [0.15, 0.2) is 0 Å². The predicted octanol–water partition coefficient (Wildman–Crippen LogP) is 3.51. The highest BCUT2D eigenvalue weighted by Crippen LogP contribution is 2.14. The highest BCUT2D eigenvalue weighted by molar-refractivity contribution is 5.96. The van der Waals surface area contributed by atoms with Gasteiger partial charge in [0.25, 0.3) is 5.91 Å². The summed E-state index contributed by atoms with van der Waals surface area (Å²) in [5, 5.41) is 5.51. The highest BCUT2D eigenvalue weighted by Gasteiger charge is 2.11. The Morgan fingerprint density at radius 3 is 2.19 bits per heavy atom. The topological polar surface area (TPSA) is 70.7 Å². The lowest BCUT2D eigenvalue weighted by Crippen LogP contribution is -2.36. The second-order valence-electron chi connectivity index (χ2n) is 8.30. The Hall–Kier alpha value is -2.86. The zero-order chi connectivity index (χ0) is 22.1. The summed E-state index contributed by atoms with van der Waals surface area (Å²) in [6.45, 7) is 7.63. The summed E-state index contributed by atoms with van der Waals surface area (Å²) in [6, 6.07) is 15.3. The number of piperidine rings is 1. The van der Waals surface area contributed by atoms with Crippen LogP contribution in [-0.2, 0) is 17.9 Å². The van der Waals surface area contributed by atoms with Crippen molar-refractivity contribution in [3.63, 3.8) is 0 Å². The number of rotatable bonds is 9. The maximum Gasteiger partial charge on any atom is 0.251 e. The van der Waals surface area contributed by atoms with Gasteiger partial charge in [-0.2, -0.15) is 0 Å². The fraction of sp³-hybridized carbons (Fsp3) is 0.440. The first-order valence-electron chi connectivity index (χ1n) is 11.1. The lowest BCUT2D eigenvalue weighted by atomic mass is 10.1. The minimum Gasteiger partial charge on any atom is -0.491 e. The van der Waals surface area contributed by atoms with E-state index < -0.39 is 0 Å². The summed E-state index contributed by atoms with van der Waals surface area (Å²) in [5.41, 5.74) is 2.84. The van der Waals surface area contributed by atoms with Crippen molar-refractivity contribution in [2.75, 3.05) is 19.6 Å². The van der Waals surface area contributed by atoms with Crippen LogP contribution in [0.15, 0.2) is 48.5 Å². The molecule has 1 saturated heterocycles. The number of amides is 2. The standard InChI is InChI=1S/C25H33N3O3/c1-19(2)31-23-12-10-22(11-13-23)25(30)27-17-24(29)26-16-20-6-8-21(9-7-20)18-28-14-4-3-5-15-28/h6-13,19H,3-5,14-18H2,1-2H3,(H,26,29)(H,27,30). The number of hydrogen-bond acceptors (Lipinski definition) is 4. The van der Waals surface area contributed by atoms with Crippen LogP contribution in [0.25, 0.3) is 0 Å². The van der Waals surface area contributed by atoms with E-state index >= 15 is 0 Å². The Balaban J connectivity index is 1.38. The molecule has 2 aromatic carbocycles. The molecule has 1 fully saturated rings. The third-order valence-corrected chi connectivity index (χ3v) is 5.27. The number of benzene rings is 2. The number of nitrogens with one attached hydrogen (secondary N) is 2. The molecule has 0 radical (unpaired) electrons. The van der Waals surface area contributed by atoms with Gasteiger partial charge < -0.3 is 15.4 Å². The predicted molar refractivity (Wildman–Crippen MR) is 122 cm³/mol.